The molecule has 0 radical (unpaired) electrons. The van der Waals surface area contributed by atoms with Crippen LogP contribution in [0.15, 0.2) is 71.6 Å². The molecule has 3 aromatic carbocycles. The molecule has 1 heterocycles. The topological polar surface area (TPSA) is 66.5 Å². The SMILES string of the molecule is Cc1ccccc1NS(=O)(=O)c1cc(C(=O)N2CCCc3ccccc32)ccc1Cl. The lowest BCUT2D eigenvalue weighted by atomic mass is 10.0. The van der Waals surface area contributed by atoms with Crippen molar-refractivity contribution in [2.75, 3.05) is 16.2 Å². The number of fused-ring (bicyclic) bond motifs is 1. The molecule has 0 bridgehead atoms. The summed E-state index contributed by atoms with van der Waals surface area (Å²) in [6, 6.07) is 19.2. The van der Waals surface area contributed by atoms with Crippen molar-refractivity contribution < 1.29 is 13.2 Å². The Kier molecular flexibility index (Phi) is 5.54. The number of rotatable bonds is 4. The number of carbonyl (C=O) groups is 1. The van der Waals surface area contributed by atoms with Crippen molar-refractivity contribution in [3.05, 3.63) is 88.4 Å². The molecule has 0 saturated heterocycles. The molecule has 1 amide bonds. The molecule has 4 rings (SSSR count). The molecule has 1 aliphatic rings. The number of hydrogen-bond donors (Lipinski definition) is 1. The second-order valence-corrected chi connectivity index (χ2v) is 9.31. The first-order valence-electron chi connectivity index (χ1n) is 9.64. The van der Waals surface area contributed by atoms with Crippen LogP contribution in [0.5, 0.6) is 0 Å². The minimum Gasteiger partial charge on any atom is -0.308 e. The van der Waals surface area contributed by atoms with E-state index in [9.17, 15) is 13.2 Å². The number of amides is 1. The first-order chi connectivity index (χ1) is 14.4. The van der Waals surface area contributed by atoms with Gasteiger partial charge in [0.15, 0.2) is 0 Å². The van der Waals surface area contributed by atoms with Gasteiger partial charge in [-0.15, -0.1) is 0 Å². The van der Waals surface area contributed by atoms with Gasteiger partial charge < -0.3 is 4.90 Å². The Morgan fingerprint density at radius 1 is 1.03 bits per heavy atom. The van der Waals surface area contributed by atoms with E-state index < -0.39 is 10.0 Å². The van der Waals surface area contributed by atoms with E-state index in [1.54, 1.807) is 23.1 Å². The molecule has 1 N–H and O–H groups in total. The number of aryl methyl sites for hydroxylation is 2. The molecular weight excluding hydrogens is 420 g/mol. The maximum atomic E-state index is 13.2. The quantitative estimate of drug-likeness (QED) is 0.617. The van der Waals surface area contributed by atoms with Crippen LogP contribution in [0.25, 0.3) is 0 Å². The van der Waals surface area contributed by atoms with Gasteiger partial charge in [0.2, 0.25) is 0 Å². The fraction of sp³-hybridized carbons (Fsp3) is 0.174. The number of nitrogens with one attached hydrogen (secondary N) is 1. The van der Waals surface area contributed by atoms with Crippen LogP contribution in [0.2, 0.25) is 5.02 Å². The minimum absolute atomic E-state index is 0.0617. The van der Waals surface area contributed by atoms with E-state index >= 15 is 0 Å². The number of benzene rings is 3. The highest BCUT2D eigenvalue weighted by molar-refractivity contribution is 7.92. The Morgan fingerprint density at radius 3 is 2.57 bits per heavy atom. The lowest BCUT2D eigenvalue weighted by Gasteiger charge is -2.29. The summed E-state index contributed by atoms with van der Waals surface area (Å²) in [5.74, 6) is -0.244. The fourth-order valence-electron chi connectivity index (χ4n) is 3.63. The van der Waals surface area contributed by atoms with Gasteiger partial charge in [0.25, 0.3) is 15.9 Å². The summed E-state index contributed by atoms with van der Waals surface area (Å²) < 4.78 is 28.6. The van der Waals surface area contributed by atoms with E-state index in [4.69, 9.17) is 11.6 Å². The van der Waals surface area contributed by atoms with Crippen molar-refractivity contribution in [2.45, 2.75) is 24.7 Å². The fourth-order valence-corrected chi connectivity index (χ4v) is 5.29. The van der Waals surface area contributed by atoms with Gasteiger partial charge in [-0.2, -0.15) is 0 Å². The Balaban J connectivity index is 1.69. The molecular formula is C23H21ClN2O3S. The molecule has 154 valence electrons. The number of halogens is 1. The van der Waals surface area contributed by atoms with E-state index in [1.165, 1.54) is 12.1 Å². The minimum atomic E-state index is -3.97. The lowest BCUT2D eigenvalue weighted by molar-refractivity contribution is 0.0985. The number of anilines is 2. The van der Waals surface area contributed by atoms with Crippen LogP contribution in [0, 0.1) is 6.92 Å². The average molecular weight is 441 g/mol. The second-order valence-electron chi connectivity index (χ2n) is 7.25. The Bertz CT molecular complexity index is 1220. The molecule has 1 aliphatic heterocycles. The third-order valence-electron chi connectivity index (χ3n) is 5.21. The third kappa shape index (κ3) is 3.93. The van der Waals surface area contributed by atoms with Gasteiger partial charge in [0, 0.05) is 17.8 Å². The molecule has 30 heavy (non-hydrogen) atoms. The Morgan fingerprint density at radius 2 is 1.77 bits per heavy atom. The second kappa shape index (κ2) is 8.13. The highest BCUT2D eigenvalue weighted by Gasteiger charge is 2.26. The molecule has 7 heteroatoms. The zero-order chi connectivity index (χ0) is 21.3. The number of para-hydroxylation sites is 2. The van der Waals surface area contributed by atoms with Crippen molar-refractivity contribution in [1.82, 2.24) is 0 Å². The monoisotopic (exact) mass is 440 g/mol. The first kappa shape index (κ1) is 20.4. The van der Waals surface area contributed by atoms with Crippen molar-refractivity contribution >= 4 is 38.9 Å². The third-order valence-corrected chi connectivity index (χ3v) is 7.06. The predicted molar refractivity (Wildman–Crippen MR) is 120 cm³/mol. The van der Waals surface area contributed by atoms with Gasteiger partial charge in [-0.25, -0.2) is 8.42 Å². The Labute approximate surface area is 181 Å². The van der Waals surface area contributed by atoms with Crippen LogP contribution < -0.4 is 9.62 Å². The number of carbonyl (C=O) groups excluding carboxylic acids is 1. The summed E-state index contributed by atoms with van der Waals surface area (Å²) in [5, 5.41) is 0.0617. The van der Waals surface area contributed by atoms with E-state index in [2.05, 4.69) is 4.72 Å². The summed E-state index contributed by atoms with van der Waals surface area (Å²) in [6.45, 7) is 2.40. The molecule has 3 aromatic rings. The van der Waals surface area contributed by atoms with Crippen LogP contribution in [0.3, 0.4) is 0 Å². The van der Waals surface area contributed by atoms with Crippen molar-refractivity contribution in [3.8, 4) is 0 Å². The molecule has 0 spiro atoms. The summed E-state index contributed by atoms with van der Waals surface area (Å²) in [7, 11) is -3.97. The highest BCUT2D eigenvalue weighted by atomic mass is 35.5. The summed E-state index contributed by atoms with van der Waals surface area (Å²) >= 11 is 6.21. The number of nitrogens with zero attached hydrogens (tertiary/aromatic N) is 1. The van der Waals surface area contributed by atoms with Gasteiger partial charge in [-0.3, -0.25) is 9.52 Å². The zero-order valence-corrected chi connectivity index (χ0v) is 18.0. The van der Waals surface area contributed by atoms with Crippen LogP contribution in [-0.4, -0.2) is 20.9 Å². The van der Waals surface area contributed by atoms with Gasteiger partial charge in [0.05, 0.1) is 10.7 Å². The molecule has 0 aliphatic carbocycles. The van der Waals surface area contributed by atoms with Crippen LogP contribution in [0.4, 0.5) is 11.4 Å². The lowest BCUT2D eigenvalue weighted by Crippen LogP contribution is -2.35. The highest BCUT2D eigenvalue weighted by Crippen LogP contribution is 2.30. The van der Waals surface area contributed by atoms with E-state index in [1.807, 2.05) is 43.3 Å². The molecule has 0 aromatic heterocycles. The number of sulfonamides is 1. The number of hydrogen-bond acceptors (Lipinski definition) is 3. The summed E-state index contributed by atoms with van der Waals surface area (Å²) in [4.78, 5) is 14.8. The molecule has 0 atom stereocenters. The smallest absolute Gasteiger partial charge is 0.263 e. The van der Waals surface area contributed by atoms with E-state index in [-0.39, 0.29) is 21.4 Å². The summed E-state index contributed by atoms with van der Waals surface area (Å²) in [6.07, 6.45) is 1.77. The zero-order valence-electron chi connectivity index (χ0n) is 16.4. The van der Waals surface area contributed by atoms with Crippen LogP contribution in [0.1, 0.15) is 27.9 Å². The largest absolute Gasteiger partial charge is 0.308 e. The predicted octanol–water partition coefficient (Wildman–Crippen LogP) is 5.04. The van der Waals surface area contributed by atoms with Crippen molar-refractivity contribution in [3.63, 3.8) is 0 Å². The average Bonchev–Trinajstić information content (AvgIpc) is 2.74. The molecule has 0 unspecified atom stereocenters. The van der Waals surface area contributed by atoms with Crippen molar-refractivity contribution in [2.24, 2.45) is 0 Å². The standard InChI is InChI=1S/C23H21ClN2O3S/c1-16-7-2-4-10-20(16)25-30(28,29)22-15-18(12-13-19(22)24)23(27)26-14-6-9-17-8-3-5-11-21(17)26/h2-5,7-8,10-13,15,25H,6,9,14H2,1H3. The Hall–Kier alpha value is -2.83. The van der Waals surface area contributed by atoms with Crippen molar-refractivity contribution in [1.29, 1.82) is 0 Å². The van der Waals surface area contributed by atoms with Crippen LogP contribution >= 0.6 is 11.6 Å². The molecule has 0 saturated carbocycles. The van der Waals surface area contributed by atoms with Crippen LogP contribution in [-0.2, 0) is 16.4 Å². The van der Waals surface area contributed by atoms with Gasteiger partial charge in [-0.1, -0.05) is 48.0 Å². The summed E-state index contributed by atoms with van der Waals surface area (Å²) in [5.41, 5.74) is 3.51. The maximum absolute atomic E-state index is 13.2. The van der Waals surface area contributed by atoms with E-state index in [0.717, 1.165) is 29.7 Å². The normalized spacial score (nSPS) is 13.6. The van der Waals surface area contributed by atoms with E-state index in [0.29, 0.717) is 12.2 Å². The first-order valence-corrected chi connectivity index (χ1v) is 11.5. The maximum Gasteiger partial charge on any atom is 0.263 e. The van der Waals surface area contributed by atoms with Gasteiger partial charge >= 0.3 is 0 Å². The van der Waals surface area contributed by atoms with Gasteiger partial charge in [-0.05, 0) is 61.2 Å². The molecule has 5 nitrogen and oxygen atoms in total. The van der Waals surface area contributed by atoms with Gasteiger partial charge in [0.1, 0.15) is 4.90 Å². The molecule has 0 fully saturated rings.